The van der Waals surface area contributed by atoms with Gasteiger partial charge in [0.2, 0.25) is 0 Å². The fourth-order valence-corrected chi connectivity index (χ4v) is 6.53. The van der Waals surface area contributed by atoms with Crippen LogP contribution in [0.4, 0.5) is 0 Å². The van der Waals surface area contributed by atoms with Crippen LogP contribution in [0.5, 0.6) is 17.2 Å². The fraction of sp³-hybridized carbons (Fsp3) is 0.800. The summed E-state index contributed by atoms with van der Waals surface area (Å²) in [6, 6.07) is 5.00. The SMILES string of the molecule is CCCCCCCCCCCCCC(CCCN1C(C)CCCC1C)C(=O)Cc1c(OC)cc(OC)cc1OC. The van der Waals surface area contributed by atoms with Gasteiger partial charge in [0.25, 0.3) is 0 Å². The number of ketones is 1. The average Bonchev–Trinajstić information content (AvgIpc) is 2.96. The van der Waals surface area contributed by atoms with Crippen LogP contribution in [0.15, 0.2) is 12.1 Å². The Bertz CT molecular complexity index is 791. The summed E-state index contributed by atoms with van der Waals surface area (Å²) in [5, 5.41) is 0. The molecule has 1 heterocycles. The monoisotopic (exact) mass is 559 g/mol. The summed E-state index contributed by atoms with van der Waals surface area (Å²) in [4.78, 5) is 16.4. The van der Waals surface area contributed by atoms with E-state index in [0.717, 1.165) is 37.8 Å². The maximum Gasteiger partial charge on any atom is 0.140 e. The summed E-state index contributed by atoms with van der Waals surface area (Å²) >= 11 is 0. The van der Waals surface area contributed by atoms with Gasteiger partial charge in [0.1, 0.15) is 23.0 Å². The Kier molecular flexibility index (Phi) is 17.4. The lowest BCUT2D eigenvalue weighted by Gasteiger charge is -2.39. The van der Waals surface area contributed by atoms with E-state index in [-0.39, 0.29) is 5.92 Å². The molecule has 230 valence electrons. The topological polar surface area (TPSA) is 48.0 Å². The van der Waals surface area contributed by atoms with Crippen LogP contribution < -0.4 is 14.2 Å². The molecule has 0 bridgehead atoms. The summed E-state index contributed by atoms with van der Waals surface area (Å²) in [6.45, 7) is 8.11. The van der Waals surface area contributed by atoms with Crippen molar-refractivity contribution < 1.29 is 19.0 Å². The van der Waals surface area contributed by atoms with Crippen molar-refractivity contribution in [3.8, 4) is 17.2 Å². The van der Waals surface area contributed by atoms with Crippen LogP contribution in [-0.4, -0.2) is 50.6 Å². The first kappa shape index (κ1) is 34.5. The maximum absolute atomic E-state index is 13.8. The molecule has 2 rings (SSSR count). The molecule has 0 radical (unpaired) electrons. The number of unbranched alkanes of at least 4 members (excludes halogenated alkanes) is 10. The zero-order valence-corrected chi connectivity index (χ0v) is 26.9. The third kappa shape index (κ3) is 12.0. The predicted molar refractivity (Wildman–Crippen MR) is 168 cm³/mol. The van der Waals surface area contributed by atoms with E-state index in [0.29, 0.717) is 41.5 Å². The van der Waals surface area contributed by atoms with Crippen molar-refractivity contribution in [3.05, 3.63) is 17.7 Å². The molecule has 1 aromatic carbocycles. The maximum atomic E-state index is 13.8. The van der Waals surface area contributed by atoms with Crippen LogP contribution in [-0.2, 0) is 11.2 Å². The van der Waals surface area contributed by atoms with Gasteiger partial charge in [-0.1, -0.05) is 84.0 Å². The zero-order valence-electron chi connectivity index (χ0n) is 26.9. The minimum absolute atomic E-state index is 0.0884. The molecular weight excluding hydrogens is 498 g/mol. The highest BCUT2D eigenvalue weighted by Crippen LogP contribution is 2.35. The molecule has 5 nitrogen and oxygen atoms in total. The Morgan fingerprint density at radius 2 is 1.27 bits per heavy atom. The van der Waals surface area contributed by atoms with E-state index in [4.69, 9.17) is 14.2 Å². The summed E-state index contributed by atoms with van der Waals surface area (Å²) < 4.78 is 16.7. The van der Waals surface area contributed by atoms with E-state index in [1.54, 1.807) is 21.3 Å². The van der Waals surface area contributed by atoms with Crippen LogP contribution in [0.3, 0.4) is 0 Å². The highest BCUT2D eigenvalue weighted by atomic mass is 16.5. The number of piperidine rings is 1. The number of carbonyl (C=O) groups is 1. The molecule has 1 fully saturated rings. The predicted octanol–water partition coefficient (Wildman–Crippen LogP) is 9.18. The second-order valence-electron chi connectivity index (χ2n) is 12.2. The van der Waals surface area contributed by atoms with Crippen molar-refractivity contribution in [1.82, 2.24) is 4.90 Å². The van der Waals surface area contributed by atoms with Crippen molar-refractivity contribution in [2.75, 3.05) is 27.9 Å². The molecule has 1 aliphatic rings. The van der Waals surface area contributed by atoms with Gasteiger partial charge in [-0.25, -0.2) is 0 Å². The van der Waals surface area contributed by atoms with E-state index in [1.807, 2.05) is 12.1 Å². The average molecular weight is 560 g/mol. The smallest absolute Gasteiger partial charge is 0.140 e. The molecule has 1 saturated heterocycles. The lowest BCUT2D eigenvalue weighted by molar-refractivity contribution is -0.122. The number of hydrogen-bond acceptors (Lipinski definition) is 5. The number of methoxy groups -OCH3 is 3. The highest BCUT2D eigenvalue weighted by molar-refractivity contribution is 5.84. The van der Waals surface area contributed by atoms with Crippen molar-refractivity contribution in [1.29, 1.82) is 0 Å². The second-order valence-corrected chi connectivity index (χ2v) is 12.2. The molecule has 0 spiro atoms. The molecule has 1 aromatic rings. The largest absolute Gasteiger partial charge is 0.496 e. The van der Waals surface area contributed by atoms with Crippen LogP contribution in [0.1, 0.15) is 135 Å². The molecule has 3 unspecified atom stereocenters. The minimum atomic E-state index is 0.0884. The highest BCUT2D eigenvalue weighted by Gasteiger charge is 2.26. The second kappa shape index (κ2) is 20.2. The fourth-order valence-electron chi connectivity index (χ4n) is 6.53. The van der Waals surface area contributed by atoms with E-state index in [1.165, 1.54) is 83.5 Å². The molecule has 0 saturated carbocycles. The Hall–Kier alpha value is -1.75. The zero-order chi connectivity index (χ0) is 29.2. The third-order valence-electron chi connectivity index (χ3n) is 9.12. The van der Waals surface area contributed by atoms with E-state index in [9.17, 15) is 4.79 Å². The lowest BCUT2D eigenvalue weighted by Crippen LogP contribution is -2.44. The number of hydrogen-bond donors (Lipinski definition) is 0. The standard InChI is InChI=1S/C35H61NO4/c1-7-8-9-10-11-12-13-14-15-16-17-22-30(23-19-24-36-28(2)20-18-21-29(36)3)33(37)27-32-34(39-5)25-31(38-4)26-35(32)40-6/h25-26,28-30H,7-24,27H2,1-6H3. The number of likely N-dealkylation sites (tertiary alicyclic amines) is 1. The molecule has 3 atom stereocenters. The Morgan fingerprint density at radius 1 is 0.775 bits per heavy atom. The molecule has 0 N–H and O–H groups in total. The van der Waals surface area contributed by atoms with E-state index >= 15 is 0 Å². The molecule has 0 aliphatic carbocycles. The summed E-state index contributed by atoms with van der Waals surface area (Å²) in [6.07, 6.45) is 21.9. The van der Waals surface area contributed by atoms with E-state index < -0.39 is 0 Å². The molecule has 0 aromatic heterocycles. The quantitative estimate of drug-likeness (QED) is 0.133. The van der Waals surface area contributed by atoms with Crippen molar-refractivity contribution >= 4 is 5.78 Å². The number of carbonyl (C=O) groups excluding carboxylic acids is 1. The van der Waals surface area contributed by atoms with Crippen LogP contribution >= 0.6 is 0 Å². The van der Waals surface area contributed by atoms with Gasteiger partial charge in [-0.15, -0.1) is 0 Å². The Morgan fingerprint density at radius 3 is 1.77 bits per heavy atom. The van der Waals surface area contributed by atoms with Gasteiger partial charge in [-0.3, -0.25) is 9.69 Å². The third-order valence-corrected chi connectivity index (χ3v) is 9.12. The van der Waals surface area contributed by atoms with Crippen molar-refractivity contribution in [3.63, 3.8) is 0 Å². The van der Waals surface area contributed by atoms with Gasteiger partial charge in [-0.2, -0.15) is 0 Å². The summed E-state index contributed by atoms with van der Waals surface area (Å²) in [7, 11) is 4.92. The van der Waals surface area contributed by atoms with Gasteiger partial charge in [0.15, 0.2) is 0 Å². The number of Topliss-reactive ketones (excluding diaryl/α,β-unsaturated/α-hetero) is 1. The van der Waals surface area contributed by atoms with Crippen molar-refractivity contribution in [2.24, 2.45) is 5.92 Å². The van der Waals surface area contributed by atoms with Gasteiger partial charge >= 0.3 is 0 Å². The van der Waals surface area contributed by atoms with Crippen LogP contribution in [0.2, 0.25) is 0 Å². The molecule has 1 aliphatic heterocycles. The van der Waals surface area contributed by atoms with Gasteiger partial charge < -0.3 is 14.2 Å². The lowest BCUT2D eigenvalue weighted by atomic mass is 9.88. The van der Waals surface area contributed by atoms with Crippen LogP contribution in [0.25, 0.3) is 0 Å². The van der Waals surface area contributed by atoms with E-state index in [2.05, 4.69) is 25.7 Å². The Labute approximate surface area is 246 Å². The summed E-state index contributed by atoms with van der Waals surface area (Å²) in [5.41, 5.74) is 0.831. The summed E-state index contributed by atoms with van der Waals surface area (Å²) in [5.74, 6) is 2.40. The number of rotatable bonds is 22. The normalized spacial score (nSPS) is 18.4. The van der Waals surface area contributed by atoms with Gasteiger partial charge in [-0.05, 0) is 52.5 Å². The first-order valence-corrected chi connectivity index (χ1v) is 16.5. The van der Waals surface area contributed by atoms with Crippen molar-refractivity contribution in [2.45, 2.75) is 148 Å². The first-order valence-electron chi connectivity index (χ1n) is 16.5. The molecule has 40 heavy (non-hydrogen) atoms. The number of benzene rings is 1. The number of nitrogens with zero attached hydrogens (tertiary/aromatic N) is 1. The van der Waals surface area contributed by atoms with Gasteiger partial charge in [0, 0.05) is 42.1 Å². The Balaban J connectivity index is 1.93. The minimum Gasteiger partial charge on any atom is -0.496 e. The molecule has 0 amide bonds. The van der Waals surface area contributed by atoms with Gasteiger partial charge in [0.05, 0.1) is 21.3 Å². The molecule has 5 heteroatoms. The molecular formula is C35H61NO4. The van der Waals surface area contributed by atoms with Crippen LogP contribution in [0, 0.1) is 5.92 Å². The number of ether oxygens (including phenoxy) is 3. The first-order chi connectivity index (χ1) is 19.4.